The van der Waals surface area contributed by atoms with Crippen molar-refractivity contribution in [2.24, 2.45) is 0 Å². The SMILES string of the molecule is Cc1ncc2c(n1)CCN(Cc1cnn(-c3ccccc3C)c1C)C2. The predicted octanol–water partition coefficient (Wildman–Crippen LogP) is 3.15. The zero-order valence-electron chi connectivity index (χ0n) is 15.0. The molecule has 4 rings (SSSR count). The first-order valence-corrected chi connectivity index (χ1v) is 8.75. The van der Waals surface area contributed by atoms with Gasteiger partial charge in [0.1, 0.15) is 5.82 Å². The summed E-state index contributed by atoms with van der Waals surface area (Å²) in [5.41, 5.74) is 7.33. The highest BCUT2D eigenvalue weighted by molar-refractivity contribution is 5.41. The molecule has 3 aromatic rings. The van der Waals surface area contributed by atoms with Gasteiger partial charge in [-0.1, -0.05) is 18.2 Å². The molecule has 1 aliphatic heterocycles. The smallest absolute Gasteiger partial charge is 0.125 e. The minimum absolute atomic E-state index is 0.863. The summed E-state index contributed by atoms with van der Waals surface area (Å²) in [7, 11) is 0. The molecule has 0 saturated carbocycles. The van der Waals surface area contributed by atoms with Crippen molar-refractivity contribution < 1.29 is 0 Å². The number of para-hydroxylation sites is 1. The number of nitrogens with zero attached hydrogens (tertiary/aromatic N) is 5. The molecular formula is C20H23N5. The molecule has 0 unspecified atom stereocenters. The zero-order valence-corrected chi connectivity index (χ0v) is 15.0. The van der Waals surface area contributed by atoms with Crippen molar-refractivity contribution in [3.63, 3.8) is 0 Å². The first-order chi connectivity index (χ1) is 12.1. The molecule has 3 heterocycles. The minimum atomic E-state index is 0.863. The lowest BCUT2D eigenvalue weighted by molar-refractivity contribution is 0.242. The van der Waals surface area contributed by atoms with E-state index in [1.54, 1.807) is 0 Å². The van der Waals surface area contributed by atoms with Crippen molar-refractivity contribution in [2.45, 2.75) is 40.3 Å². The molecular weight excluding hydrogens is 310 g/mol. The van der Waals surface area contributed by atoms with Gasteiger partial charge in [-0.15, -0.1) is 0 Å². The number of rotatable bonds is 3. The Balaban J connectivity index is 1.55. The van der Waals surface area contributed by atoms with Crippen LogP contribution >= 0.6 is 0 Å². The van der Waals surface area contributed by atoms with E-state index in [4.69, 9.17) is 0 Å². The molecule has 1 aromatic carbocycles. The largest absolute Gasteiger partial charge is 0.294 e. The molecule has 0 spiro atoms. The van der Waals surface area contributed by atoms with Crippen molar-refractivity contribution in [3.05, 3.63) is 70.6 Å². The predicted molar refractivity (Wildman–Crippen MR) is 97.6 cm³/mol. The van der Waals surface area contributed by atoms with Crippen LogP contribution in [0.4, 0.5) is 0 Å². The molecule has 0 fully saturated rings. The summed E-state index contributed by atoms with van der Waals surface area (Å²) in [5, 5.41) is 4.63. The average Bonchev–Trinajstić information content (AvgIpc) is 2.96. The Labute approximate surface area is 148 Å². The Hall–Kier alpha value is -2.53. The monoisotopic (exact) mass is 333 g/mol. The Morgan fingerprint density at radius 1 is 1.08 bits per heavy atom. The van der Waals surface area contributed by atoms with Crippen LogP contribution in [0.25, 0.3) is 5.69 Å². The van der Waals surface area contributed by atoms with Gasteiger partial charge >= 0.3 is 0 Å². The number of hydrogen-bond acceptors (Lipinski definition) is 4. The number of aromatic nitrogens is 4. The van der Waals surface area contributed by atoms with Crippen LogP contribution in [0.3, 0.4) is 0 Å². The van der Waals surface area contributed by atoms with Gasteiger partial charge in [-0.25, -0.2) is 14.6 Å². The molecule has 5 heteroatoms. The number of aryl methyl sites for hydroxylation is 2. The van der Waals surface area contributed by atoms with Crippen LogP contribution in [0, 0.1) is 20.8 Å². The van der Waals surface area contributed by atoms with Gasteiger partial charge in [0.15, 0.2) is 0 Å². The fraction of sp³-hybridized carbons (Fsp3) is 0.350. The van der Waals surface area contributed by atoms with Crippen molar-refractivity contribution in [1.82, 2.24) is 24.6 Å². The number of benzene rings is 1. The quantitative estimate of drug-likeness (QED) is 0.739. The highest BCUT2D eigenvalue weighted by Gasteiger charge is 2.20. The fourth-order valence-corrected chi connectivity index (χ4v) is 3.49. The van der Waals surface area contributed by atoms with Crippen molar-refractivity contribution in [2.75, 3.05) is 6.54 Å². The first kappa shape index (κ1) is 16.0. The Kier molecular flexibility index (Phi) is 4.09. The van der Waals surface area contributed by atoms with E-state index in [2.05, 4.69) is 62.8 Å². The third kappa shape index (κ3) is 3.07. The number of fused-ring (bicyclic) bond motifs is 1. The van der Waals surface area contributed by atoms with E-state index in [0.717, 1.165) is 37.6 Å². The molecule has 0 N–H and O–H groups in total. The lowest BCUT2D eigenvalue weighted by Gasteiger charge is -2.27. The van der Waals surface area contributed by atoms with Crippen LogP contribution in [-0.2, 0) is 19.5 Å². The highest BCUT2D eigenvalue weighted by atomic mass is 15.3. The summed E-state index contributed by atoms with van der Waals surface area (Å²) in [6.07, 6.45) is 4.97. The lowest BCUT2D eigenvalue weighted by Crippen LogP contribution is -2.31. The van der Waals surface area contributed by atoms with Crippen LogP contribution in [0.5, 0.6) is 0 Å². The number of hydrogen-bond donors (Lipinski definition) is 0. The third-order valence-corrected chi connectivity index (χ3v) is 4.98. The lowest BCUT2D eigenvalue weighted by atomic mass is 10.1. The second-order valence-corrected chi connectivity index (χ2v) is 6.80. The van der Waals surface area contributed by atoms with Gasteiger partial charge in [-0.2, -0.15) is 5.10 Å². The third-order valence-electron chi connectivity index (χ3n) is 4.98. The molecule has 5 nitrogen and oxygen atoms in total. The topological polar surface area (TPSA) is 46.8 Å². The Bertz CT molecular complexity index is 912. The molecule has 128 valence electrons. The normalized spacial score (nSPS) is 14.5. The van der Waals surface area contributed by atoms with Crippen molar-refractivity contribution >= 4 is 0 Å². The van der Waals surface area contributed by atoms with E-state index in [1.807, 2.05) is 19.3 Å². The molecule has 0 amide bonds. The van der Waals surface area contributed by atoms with E-state index in [0.29, 0.717) is 0 Å². The van der Waals surface area contributed by atoms with Crippen LogP contribution < -0.4 is 0 Å². The molecule has 2 aromatic heterocycles. The second-order valence-electron chi connectivity index (χ2n) is 6.80. The highest BCUT2D eigenvalue weighted by Crippen LogP contribution is 2.22. The van der Waals surface area contributed by atoms with Gasteiger partial charge in [-0.05, 0) is 32.4 Å². The maximum atomic E-state index is 4.63. The standard InChI is InChI=1S/C20H23N5/c1-14-6-4-5-7-20(14)25-15(2)17(11-22-25)12-24-9-8-19-18(13-24)10-21-16(3)23-19/h4-7,10-11H,8-9,12-13H2,1-3H3. The summed E-state index contributed by atoms with van der Waals surface area (Å²) in [5.74, 6) is 0.863. The molecule has 0 radical (unpaired) electrons. The van der Waals surface area contributed by atoms with E-state index >= 15 is 0 Å². The summed E-state index contributed by atoms with van der Waals surface area (Å²) in [6, 6.07) is 8.37. The van der Waals surface area contributed by atoms with Gasteiger partial charge < -0.3 is 0 Å². The molecule has 0 saturated heterocycles. The van der Waals surface area contributed by atoms with Crippen LogP contribution in [0.1, 0.15) is 33.9 Å². The van der Waals surface area contributed by atoms with E-state index in [1.165, 1.54) is 28.1 Å². The Morgan fingerprint density at radius 2 is 1.92 bits per heavy atom. The van der Waals surface area contributed by atoms with Gasteiger partial charge in [0.2, 0.25) is 0 Å². The second kappa shape index (κ2) is 6.41. The summed E-state index contributed by atoms with van der Waals surface area (Å²) in [6.45, 7) is 9.07. The summed E-state index contributed by atoms with van der Waals surface area (Å²) >= 11 is 0. The van der Waals surface area contributed by atoms with Crippen LogP contribution in [0.15, 0.2) is 36.7 Å². The van der Waals surface area contributed by atoms with Gasteiger partial charge in [0, 0.05) is 54.8 Å². The first-order valence-electron chi connectivity index (χ1n) is 8.75. The maximum Gasteiger partial charge on any atom is 0.125 e. The molecule has 0 atom stereocenters. The van der Waals surface area contributed by atoms with Crippen molar-refractivity contribution in [1.29, 1.82) is 0 Å². The summed E-state index contributed by atoms with van der Waals surface area (Å²) < 4.78 is 2.05. The minimum Gasteiger partial charge on any atom is -0.294 e. The van der Waals surface area contributed by atoms with Crippen molar-refractivity contribution in [3.8, 4) is 5.69 Å². The Morgan fingerprint density at radius 3 is 2.76 bits per heavy atom. The fourth-order valence-electron chi connectivity index (χ4n) is 3.49. The molecule has 1 aliphatic rings. The summed E-state index contributed by atoms with van der Waals surface area (Å²) in [4.78, 5) is 11.4. The zero-order chi connectivity index (χ0) is 17.4. The van der Waals surface area contributed by atoms with Gasteiger partial charge in [0.25, 0.3) is 0 Å². The van der Waals surface area contributed by atoms with Crippen LogP contribution in [0.2, 0.25) is 0 Å². The van der Waals surface area contributed by atoms with E-state index < -0.39 is 0 Å². The van der Waals surface area contributed by atoms with Gasteiger partial charge in [-0.3, -0.25) is 4.90 Å². The molecule has 0 aliphatic carbocycles. The average molecular weight is 333 g/mol. The van der Waals surface area contributed by atoms with Gasteiger partial charge in [0.05, 0.1) is 11.9 Å². The van der Waals surface area contributed by atoms with E-state index in [9.17, 15) is 0 Å². The van der Waals surface area contributed by atoms with E-state index in [-0.39, 0.29) is 0 Å². The molecule has 25 heavy (non-hydrogen) atoms. The maximum absolute atomic E-state index is 4.63. The molecule has 0 bridgehead atoms. The van der Waals surface area contributed by atoms with Crippen LogP contribution in [-0.4, -0.2) is 31.2 Å².